The first-order chi connectivity index (χ1) is 16.5. The van der Waals surface area contributed by atoms with Gasteiger partial charge >= 0.3 is 6.36 Å². The number of sulfonamides is 1. The molecule has 35 heavy (non-hydrogen) atoms. The third-order valence-electron chi connectivity index (χ3n) is 4.64. The molecule has 0 fully saturated rings. The summed E-state index contributed by atoms with van der Waals surface area (Å²) in [6.07, 6.45) is -1.42. The Morgan fingerprint density at radius 3 is 2.03 bits per heavy atom. The normalized spacial score (nSPS) is 11.8. The maximum absolute atomic E-state index is 12.7. The number of benzene rings is 3. The summed E-state index contributed by atoms with van der Waals surface area (Å²) in [5, 5.41) is 0. The van der Waals surface area contributed by atoms with Gasteiger partial charge in [-0.05, 0) is 47.5 Å². The van der Waals surface area contributed by atoms with Crippen LogP contribution in [0.15, 0.2) is 65.6 Å². The van der Waals surface area contributed by atoms with Crippen molar-refractivity contribution >= 4 is 27.9 Å². The molecule has 0 heterocycles. The molecule has 0 atom stereocenters. The predicted molar refractivity (Wildman–Crippen MR) is 125 cm³/mol. The molecule has 0 radical (unpaired) electrons. The molecule has 3 rings (SSSR count). The zero-order valence-corrected chi connectivity index (χ0v) is 19.7. The molecule has 0 spiro atoms. The molecule has 0 aliphatic heterocycles. The smallest absolute Gasteiger partial charge is 0.493 e. The van der Waals surface area contributed by atoms with Crippen LogP contribution in [0.2, 0.25) is 0 Å². The number of anilines is 1. The molecule has 3 aromatic carbocycles. The highest BCUT2D eigenvalue weighted by molar-refractivity contribution is 7.92. The number of ether oxygens (including phenoxy) is 4. The van der Waals surface area contributed by atoms with Crippen molar-refractivity contribution in [2.24, 2.45) is 0 Å². The number of hydrogen-bond acceptors (Lipinski definition) is 6. The van der Waals surface area contributed by atoms with Crippen molar-refractivity contribution in [1.82, 2.24) is 0 Å². The minimum Gasteiger partial charge on any atom is -0.493 e. The van der Waals surface area contributed by atoms with Crippen molar-refractivity contribution in [2.45, 2.75) is 11.3 Å². The first-order valence-electron chi connectivity index (χ1n) is 10.0. The van der Waals surface area contributed by atoms with Crippen molar-refractivity contribution in [3.63, 3.8) is 0 Å². The number of rotatable bonds is 9. The Bertz CT molecular complexity index is 1300. The van der Waals surface area contributed by atoms with E-state index in [1.54, 1.807) is 42.5 Å². The highest BCUT2D eigenvalue weighted by atomic mass is 32.2. The molecule has 0 aromatic heterocycles. The average molecular weight is 510 g/mol. The van der Waals surface area contributed by atoms with Crippen molar-refractivity contribution in [3.05, 3.63) is 71.8 Å². The van der Waals surface area contributed by atoms with Crippen LogP contribution in [0, 0.1) is 0 Å². The van der Waals surface area contributed by atoms with Gasteiger partial charge in [-0.25, -0.2) is 8.42 Å². The Morgan fingerprint density at radius 2 is 1.43 bits per heavy atom. The van der Waals surface area contributed by atoms with Gasteiger partial charge in [0.1, 0.15) is 5.75 Å². The Morgan fingerprint density at radius 1 is 0.800 bits per heavy atom. The summed E-state index contributed by atoms with van der Waals surface area (Å²) in [6, 6.07) is 14.1. The lowest BCUT2D eigenvalue weighted by Crippen LogP contribution is -2.18. The fraction of sp³-hybridized carbons (Fsp3) is 0.167. The van der Waals surface area contributed by atoms with E-state index in [1.807, 2.05) is 0 Å². The minimum atomic E-state index is -4.94. The second kappa shape index (κ2) is 10.6. The third-order valence-corrected chi connectivity index (χ3v) is 6.02. The van der Waals surface area contributed by atoms with Gasteiger partial charge in [-0.15, -0.1) is 13.2 Å². The van der Waals surface area contributed by atoms with Crippen molar-refractivity contribution in [2.75, 3.05) is 26.1 Å². The zero-order chi connectivity index (χ0) is 25.6. The van der Waals surface area contributed by atoms with Crippen LogP contribution in [0.4, 0.5) is 18.9 Å². The summed E-state index contributed by atoms with van der Waals surface area (Å²) in [5.74, 6) is 0.769. The maximum Gasteiger partial charge on any atom is 0.573 e. The number of halogens is 3. The second-order valence-corrected chi connectivity index (χ2v) is 8.73. The summed E-state index contributed by atoms with van der Waals surface area (Å²) in [7, 11) is 0.343. The van der Waals surface area contributed by atoms with Gasteiger partial charge in [0.15, 0.2) is 11.5 Å². The first kappa shape index (κ1) is 25.8. The third kappa shape index (κ3) is 6.82. The molecule has 0 aliphatic rings. The van der Waals surface area contributed by atoms with Crippen LogP contribution < -0.4 is 23.7 Å². The van der Waals surface area contributed by atoms with Gasteiger partial charge in [0, 0.05) is 11.8 Å². The molecule has 0 aliphatic carbocycles. The predicted octanol–water partition coefficient (Wildman–Crippen LogP) is 5.58. The van der Waals surface area contributed by atoms with Crippen molar-refractivity contribution in [3.8, 4) is 23.0 Å². The van der Waals surface area contributed by atoms with E-state index < -0.39 is 22.1 Å². The van der Waals surface area contributed by atoms with E-state index in [1.165, 1.54) is 33.5 Å². The number of nitrogens with one attached hydrogen (secondary N) is 1. The fourth-order valence-corrected chi connectivity index (χ4v) is 4.23. The second-order valence-electron chi connectivity index (χ2n) is 7.05. The van der Waals surface area contributed by atoms with Gasteiger partial charge in [-0.2, -0.15) is 0 Å². The van der Waals surface area contributed by atoms with Crippen LogP contribution in [0.5, 0.6) is 23.0 Å². The molecule has 0 saturated carbocycles. The molecular weight excluding hydrogens is 487 g/mol. The molecule has 11 heteroatoms. The molecule has 3 aromatic rings. The molecule has 0 bridgehead atoms. The van der Waals surface area contributed by atoms with Gasteiger partial charge in [0.2, 0.25) is 5.75 Å². The SMILES string of the molecule is COc1cc(/C=C\c2cccc(NS(=O)(=O)c3cccc(OC(F)(F)F)c3)c2)cc(OC)c1OC. The fourth-order valence-electron chi connectivity index (χ4n) is 3.15. The Kier molecular flexibility index (Phi) is 7.80. The van der Waals surface area contributed by atoms with E-state index in [0.717, 1.165) is 23.8 Å². The van der Waals surface area contributed by atoms with E-state index in [0.29, 0.717) is 22.8 Å². The number of methoxy groups -OCH3 is 3. The Hall–Kier alpha value is -3.86. The summed E-state index contributed by atoms with van der Waals surface area (Å²) in [5.41, 5.74) is 1.62. The zero-order valence-electron chi connectivity index (χ0n) is 18.9. The van der Waals surface area contributed by atoms with E-state index in [4.69, 9.17) is 14.2 Å². The van der Waals surface area contributed by atoms with Crippen LogP contribution in [-0.4, -0.2) is 36.1 Å². The summed E-state index contributed by atoms with van der Waals surface area (Å²) in [4.78, 5) is -0.377. The van der Waals surface area contributed by atoms with Gasteiger partial charge in [-0.3, -0.25) is 4.72 Å². The van der Waals surface area contributed by atoms with Crippen LogP contribution in [0.3, 0.4) is 0 Å². The highest BCUT2D eigenvalue weighted by Crippen LogP contribution is 2.38. The van der Waals surface area contributed by atoms with Gasteiger partial charge < -0.3 is 18.9 Å². The highest BCUT2D eigenvalue weighted by Gasteiger charge is 2.31. The average Bonchev–Trinajstić information content (AvgIpc) is 2.81. The lowest BCUT2D eigenvalue weighted by Gasteiger charge is -2.13. The monoisotopic (exact) mass is 509 g/mol. The number of hydrogen-bond donors (Lipinski definition) is 1. The summed E-state index contributed by atoms with van der Waals surface area (Å²) >= 11 is 0. The van der Waals surface area contributed by atoms with Crippen molar-refractivity contribution < 1.29 is 40.5 Å². The van der Waals surface area contributed by atoms with Gasteiger partial charge in [0.05, 0.1) is 26.2 Å². The maximum atomic E-state index is 12.7. The molecule has 7 nitrogen and oxygen atoms in total. The van der Waals surface area contributed by atoms with Crippen LogP contribution in [0.25, 0.3) is 12.2 Å². The lowest BCUT2D eigenvalue weighted by atomic mass is 10.1. The lowest BCUT2D eigenvalue weighted by molar-refractivity contribution is -0.274. The molecule has 0 saturated heterocycles. The van der Waals surface area contributed by atoms with Crippen molar-refractivity contribution in [1.29, 1.82) is 0 Å². The van der Waals surface area contributed by atoms with Crippen LogP contribution >= 0.6 is 0 Å². The first-order valence-corrected chi connectivity index (χ1v) is 11.5. The van der Waals surface area contributed by atoms with Crippen LogP contribution in [0.1, 0.15) is 11.1 Å². The summed E-state index contributed by atoms with van der Waals surface area (Å²) < 4.78 is 84.9. The number of alkyl halides is 3. The van der Waals surface area contributed by atoms with Crippen LogP contribution in [-0.2, 0) is 10.0 Å². The topological polar surface area (TPSA) is 83.1 Å². The molecule has 1 N–H and O–H groups in total. The van der Waals surface area contributed by atoms with E-state index in [9.17, 15) is 21.6 Å². The largest absolute Gasteiger partial charge is 0.573 e. The standard InChI is InChI=1S/C24H22F3NO6S/c1-31-21-13-17(14-22(32-2)23(21)33-3)11-10-16-6-4-7-18(12-16)28-35(29,30)20-9-5-8-19(15-20)34-24(25,26)27/h4-15,28H,1-3H3/b11-10-. The summed E-state index contributed by atoms with van der Waals surface area (Å²) in [6.45, 7) is 0. The Balaban J connectivity index is 1.82. The van der Waals surface area contributed by atoms with Gasteiger partial charge in [0.25, 0.3) is 10.0 Å². The molecule has 0 amide bonds. The van der Waals surface area contributed by atoms with E-state index in [2.05, 4.69) is 9.46 Å². The Labute approximate surface area is 200 Å². The molecule has 186 valence electrons. The quantitative estimate of drug-likeness (QED) is 0.379. The minimum absolute atomic E-state index is 0.221. The van der Waals surface area contributed by atoms with E-state index in [-0.39, 0.29) is 10.6 Å². The molecule has 0 unspecified atom stereocenters. The molecular formula is C24H22F3NO6S. The van der Waals surface area contributed by atoms with E-state index >= 15 is 0 Å². The van der Waals surface area contributed by atoms with Gasteiger partial charge in [-0.1, -0.05) is 30.4 Å².